The number of thiophene rings is 1. The van der Waals surface area contributed by atoms with E-state index in [1.165, 1.54) is 15.6 Å². The summed E-state index contributed by atoms with van der Waals surface area (Å²) in [5.74, 6) is 0.642. The number of aromatic nitrogens is 1. The summed E-state index contributed by atoms with van der Waals surface area (Å²) in [6.45, 7) is 2.51. The lowest BCUT2D eigenvalue weighted by atomic mass is 10.1. The normalized spacial score (nSPS) is 20.2. The zero-order valence-corrected chi connectivity index (χ0v) is 14.7. The molecule has 0 saturated carbocycles. The summed E-state index contributed by atoms with van der Waals surface area (Å²) in [7, 11) is -3.48. The molecule has 0 aromatic carbocycles. The summed E-state index contributed by atoms with van der Waals surface area (Å²) in [5.41, 5.74) is 0.855. The van der Waals surface area contributed by atoms with Gasteiger partial charge in [-0.1, -0.05) is 12.1 Å². The minimum absolute atomic E-state index is 0.247. The molecule has 1 aliphatic heterocycles. The summed E-state index contributed by atoms with van der Waals surface area (Å²) < 4.78 is 33.6. The highest BCUT2D eigenvalue weighted by Crippen LogP contribution is 2.39. The van der Waals surface area contributed by atoms with Crippen LogP contribution in [0.5, 0.6) is 0 Å². The standard InChI is InChI=1S/C13H15BrN2O3S2/c1-2-9-8-11(19-15-9)10-4-3-7-16(10)21(17,18)13-6-5-12(14)20-13/h5-6,8,10H,2-4,7H2,1H3/t10-/m0/s1. The molecule has 0 N–H and O–H groups in total. The van der Waals surface area contributed by atoms with Crippen LogP contribution in [0.3, 0.4) is 0 Å². The molecule has 114 valence electrons. The lowest BCUT2D eigenvalue weighted by molar-refractivity contribution is 0.297. The summed E-state index contributed by atoms with van der Waals surface area (Å²) in [5, 5.41) is 3.97. The van der Waals surface area contributed by atoms with Crippen molar-refractivity contribution in [1.82, 2.24) is 9.46 Å². The summed E-state index contributed by atoms with van der Waals surface area (Å²) in [4.78, 5) is 0. The second kappa shape index (κ2) is 5.83. The average molecular weight is 391 g/mol. The topological polar surface area (TPSA) is 63.4 Å². The van der Waals surface area contributed by atoms with Gasteiger partial charge in [-0.2, -0.15) is 4.31 Å². The highest BCUT2D eigenvalue weighted by atomic mass is 79.9. The van der Waals surface area contributed by atoms with Crippen LogP contribution in [0, 0.1) is 0 Å². The highest BCUT2D eigenvalue weighted by molar-refractivity contribution is 9.11. The monoisotopic (exact) mass is 390 g/mol. The van der Waals surface area contributed by atoms with Crippen molar-refractivity contribution in [3.05, 3.63) is 33.4 Å². The van der Waals surface area contributed by atoms with Crippen LogP contribution in [0.25, 0.3) is 0 Å². The molecule has 8 heteroatoms. The number of sulfonamides is 1. The third-order valence-corrected chi connectivity index (χ3v) is 7.58. The van der Waals surface area contributed by atoms with Crippen molar-refractivity contribution in [3.8, 4) is 0 Å². The third kappa shape index (κ3) is 2.81. The largest absolute Gasteiger partial charge is 0.359 e. The Hall–Kier alpha value is -0.700. The number of hydrogen-bond donors (Lipinski definition) is 0. The Labute approximate surface area is 136 Å². The van der Waals surface area contributed by atoms with Crippen LogP contribution >= 0.6 is 27.3 Å². The van der Waals surface area contributed by atoms with Gasteiger partial charge in [0.05, 0.1) is 15.5 Å². The maximum absolute atomic E-state index is 12.8. The minimum Gasteiger partial charge on any atom is -0.359 e. The van der Waals surface area contributed by atoms with Gasteiger partial charge in [0.2, 0.25) is 0 Å². The van der Waals surface area contributed by atoms with Gasteiger partial charge in [-0.3, -0.25) is 0 Å². The Morgan fingerprint density at radius 1 is 1.52 bits per heavy atom. The predicted molar refractivity (Wildman–Crippen MR) is 83.8 cm³/mol. The van der Waals surface area contributed by atoms with Crippen molar-refractivity contribution in [2.45, 2.75) is 36.4 Å². The van der Waals surface area contributed by atoms with Crippen LogP contribution < -0.4 is 0 Å². The molecule has 3 heterocycles. The Morgan fingerprint density at radius 2 is 2.33 bits per heavy atom. The number of rotatable bonds is 4. The summed E-state index contributed by atoms with van der Waals surface area (Å²) >= 11 is 4.54. The van der Waals surface area contributed by atoms with Gasteiger partial charge in [-0.25, -0.2) is 8.42 Å². The second-order valence-corrected chi connectivity index (χ2v) is 9.49. The predicted octanol–water partition coefficient (Wildman–Crippen LogP) is 3.59. The second-order valence-electron chi connectivity index (χ2n) is 4.91. The van der Waals surface area contributed by atoms with E-state index < -0.39 is 10.0 Å². The Kier molecular flexibility index (Phi) is 4.22. The van der Waals surface area contributed by atoms with Gasteiger partial charge in [-0.05, 0) is 47.3 Å². The zero-order valence-electron chi connectivity index (χ0n) is 11.5. The Morgan fingerprint density at radius 3 is 2.95 bits per heavy atom. The fourth-order valence-corrected chi connectivity index (χ4v) is 6.32. The fourth-order valence-electron chi connectivity index (χ4n) is 2.52. The van der Waals surface area contributed by atoms with E-state index in [1.807, 2.05) is 13.0 Å². The van der Waals surface area contributed by atoms with E-state index in [0.717, 1.165) is 28.7 Å². The SMILES string of the molecule is CCc1cc([C@@H]2CCCN2S(=O)(=O)c2ccc(Br)s2)on1. The first kappa shape index (κ1) is 15.2. The molecule has 0 radical (unpaired) electrons. The van der Waals surface area contributed by atoms with Gasteiger partial charge in [0, 0.05) is 12.6 Å². The molecule has 1 atom stereocenters. The number of hydrogen-bond acceptors (Lipinski definition) is 5. The van der Waals surface area contributed by atoms with Crippen LogP contribution in [0.15, 0.2) is 30.7 Å². The van der Waals surface area contributed by atoms with E-state index in [-0.39, 0.29) is 6.04 Å². The third-order valence-electron chi connectivity index (χ3n) is 3.58. The van der Waals surface area contributed by atoms with Gasteiger partial charge in [0.15, 0.2) is 5.76 Å². The van der Waals surface area contributed by atoms with Crippen LogP contribution in [-0.4, -0.2) is 24.4 Å². The van der Waals surface area contributed by atoms with Crippen molar-refractivity contribution in [3.63, 3.8) is 0 Å². The average Bonchev–Trinajstić information content (AvgIpc) is 3.17. The molecule has 2 aromatic rings. The molecule has 0 aliphatic carbocycles. The summed E-state index contributed by atoms with van der Waals surface area (Å²) in [6.07, 6.45) is 2.38. The van der Waals surface area contributed by atoms with Gasteiger partial charge in [0.1, 0.15) is 4.21 Å². The first-order valence-corrected chi connectivity index (χ1v) is 9.80. The molecule has 2 aromatic heterocycles. The first-order valence-electron chi connectivity index (χ1n) is 6.75. The molecule has 21 heavy (non-hydrogen) atoms. The molecule has 0 amide bonds. The molecule has 5 nitrogen and oxygen atoms in total. The molecule has 1 aliphatic rings. The van der Waals surface area contributed by atoms with Gasteiger partial charge >= 0.3 is 0 Å². The van der Waals surface area contributed by atoms with Gasteiger partial charge in [0.25, 0.3) is 10.0 Å². The maximum Gasteiger partial charge on any atom is 0.253 e. The molecular formula is C13H15BrN2O3S2. The lowest BCUT2D eigenvalue weighted by Crippen LogP contribution is -2.30. The van der Waals surface area contributed by atoms with E-state index in [4.69, 9.17) is 4.52 Å². The van der Waals surface area contributed by atoms with E-state index >= 15 is 0 Å². The number of nitrogens with zero attached hydrogens (tertiary/aromatic N) is 2. The summed E-state index contributed by atoms with van der Waals surface area (Å²) in [6, 6.07) is 5.01. The van der Waals surface area contributed by atoms with E-state index in [1.54, 1.807) is 12.1 Å². The van der Waals surface area contributed by atoms with Crippen molar-refractivity contribution in [2.75, 3.05) is 6.54 Å². The first-order chi connectivity index (χ1) is 10.0. The van der Waals surface area contributed by atoms with E-state index in [2.05, 4.69) is 21.1 Å². The van der Waals surface area contributed by atoms with E-state index in [0.29, 0.717) is 16.5 Å². The minimum atomic E-state index is -3.48. The smallest absolute Gasteiger partial charge is 0.253 e. The van der Waals surface area contributed by atoms with Crippen LogP contribution in [0.2, 0.25) is 0 Å². The lowest BCUT2D eigenvalue weighted by Gasteiger charge is -2.21. The highest BCUT2D eigenvalue weighted by Gasteiger charge is 2.38. The fraction of sp³-hybridized carbons (Fsp3) is 0.462. The maximum atomic E-state index is 12.8. The van der Waals surface area contributed by atoms with Crippen LogP contribution in [0.1, 0.15) is 37.3 Å². The molecule has 3 rings (SSSR count). The Bertz CT molecular complexity index is 738. The molecular weight excluding hydrogens is 376 g/mol. The zero-order chi connectivity index (χ0) is 15.0. The van der Waals surface area contributed by atoms with Crippen molar-refractivity contribution in [1.29, 1.82) is 0 Å². The quantitative estimate of drug-likeness (QED) is 0.799. The van der Waals surface area contributed by atoms with Crippen molar-refractivity contribution >= 4 is 37.3 Å². The van der Waals surface area contributed by atoms with E-state index in [9.17, 15) is 8.42 Å². The Balaban J connectivity index is 1.93. The van der Waals surface area contributed by atoms with Gasteiger partial charge < -0.3 is 4.52 Å². The number of aryl methyl sites for hydroxylation is 1. The molecule has 0 bridgehead atoms. The molecule has 1 fully saturated rings. The van der Waals surface area contributed by atoms with Crippen molar-refractivity contribution in [2.24, 2.45) is 0 Å². The molecule has 0 unspecified atom stereocenters. The van der Waals surface area contributed by atoms with Gasteiger partial charge in [-0.15, -0.1) is 11.3 Å². The number of halogens is 1. The molecule has 0 spiro atoms. The molecule has 1 saturated heterocycles. The van der Waals surface area contributed by atoms with Crippen LogP contribution in [0.4, 0.5) is 0 Å². The van der Waals surface area contributed by atoms with Crippen molar-refractivity contribution < 1.29 is 12.9 Å². The van der Waals surface area contributed by atoms with Crippen LogP contribution in [-0.2, 0) is 16.4 Å².